The van der Waals surface area contributed by atoms with Crippen molar-refractivity contribution in [2.24, 2.45) is 0 Å². The molecule has 6 heteroatoms. The molecular formula is C24H17ClFNO3. The van der Waals surface area contributed by atoms with Gasteiger partial charge < -0.3 is 9.47 Å². The van der Waals surface area contributed by atoms with Crippen LogP contribution in [-0.4, -0.2) is 17.4 Å². The molecule has 2 aliphatic heterocycles. The largest absolute Gasteiger partial charge is 0.478 e. The number of ketones is 1. The van der Waals surface area contributed by atoms with Gasteiger partial charge >= 0.3 is 0 Å². The van der Waals surface area contributed by atoms with Crippen molar-refractivity contribution >= 4 is 23.5 Å². The lowest BCUT2D eigenvalue weighted by molar-refractivity contribution is 0.0873. The summed E-state index contributed by atoms with van der Waals surface area (Å²) in [7, 11) is 0. The van der Waals surface area contributed by atoms with Crippen molar-refractivity contribution in [3.05, 3.63) is 99.5 Å². The summed E-state index contributed by atoms with van der Waals surface area (Å²) in [6.45, 7) is 1.61. The summed E-state index contributed by atoms with van der Waals surface area (Å²) >= 11 is 6.29. The van der Waals surface area contributed by atoms with Gasteiger partial charge in [0.1, 0.15) is 24.0 Å². The zero-order valence-electron chi connectivity index (χ0n) is 15.9. The van der Waals surface area contributed by atoms with Crippen LogP contribution in [0.25, 0.3) is 6.08 Å². The van der Waals surface area contributed by atoms with Crippen molar-refractivity contribution in [3.8, 4) is 11.5 Å². The first-order valence-electron chi connectivity index (χ1n) is 9.53. The third kappa shape index (κ3) is 3.47. The molecule has 0 amide bonds. The highest BCUT2D eigenvalue weighted by atomic mass is 35.5. The minimum absolute atomic E-state index is 0.194. The van der Waals surface area contributed by atoms with E-state index in [1.807, 2.05) is 30.3 Å². The van der Waals surface area contributed by atoms with E-state index in [1.165, 1.54) is 12.1 Å². The van der Waals surface area contributed by atoms with Crippen LogP contribution in [0.15, 0.2) is 66.4 Å². The number of Topliss-reactive ketones (excluding diaryl/α,β-unsaturated/α-hetero) is 1. The van der Waals surface area contributed by atoms with Gasteiger partial charge in [-0.2, -0.15) is 0 Å². The molecule has 0 saturated carbocycles. The third-order valence-corrected chi connectivity index (χ3v) is 5.57. The minimum atomic E-state index is -0.330. The summed E-state index contributed by atoms with van der Waals surface area (Å²) in [6, 6.07) is 17.1. The van der Waals surface area contributed by atoms with Crippen LogP contribution in [-0.2, 0) is 13.1 Å². The van der Waals surface area contributed by atoms with E-state index >= 15 is 0 Å². The molecule has 3 aromatic rings. The van der Waals surface area contributed by atoms with Crippen molar-refractivity contribution in [2.75, 3.05) is 6.73 Å². The maximum atomic E-state index is 13.2. The summed E-state index contributed by atoms with van der Waals surface area (Å²) in [5, 5.41) is 0.706. The van der Waals surface area contributed by atoms with E-state index in [2.05, 4.69) is 4.90 Å². The summed E-state index contributed by atoms with van der Waals surface area (Å²) < 4.78 is 25.0. The fourth-order valence-corrected chi connectivity index (χ4v) is 3.88. The third-order valence-electron chi connectivity index (χ3n) is 5.20. The number of allylic oxidation sites excluding steroid dienone is 1. The standard InChI is InChI=1S/C24H17ClFNO3/c25-20-4-2-1-3-16(20)12-27-13-19-21(29-14-27)10-9-18-23(28)22(30-24(18)19)11-15-5-7-17(26)8-6-15/h1-11H,12-14H2/b22-11-. The lowest BCUT2D eigenvalue weighted by Gasteiger charge is -2.30. The monoisotopic (exact) mass is 421 g/mol. The molecule has 150 valence electrons. The fraction of sp³-hybridized carbons (Fsp3) is 0.125. The maximum Gasteiger partial charge on any atom is 0.231 e. The molecule has 4 nitrogen and oxygen atoms in total. The Labute approximate surface area is 178 Å². The number of benzene rings is 3. The lowest BCUT2D eigenvalue weighted by atomic mass is 10.0. The molecule has 2 aliphatic rings. The molecule has 0 bridgehead atoms. The number of rotatable bonds is 3. The van der Waals surface area contributed by atoms with E-state index in [0.29, 0.717) is 47.5 Å². The van der Waals surface area contributed by atoms with Gasteiger partial charge in [0.25, 0.3) is 0 Å². The molecule has 30 heavy (non-hydrogen) atoms. The summed E-state index contributed by atoms with van der Waals surface area (Å²) in [4.78, 5) is 14.9. The summed E-state index contributed by atoms with van der Waals surface area (Å²) in [6.07, 6.45) is 1.62. The number of hydrogen-bond donors (Lipinski definition) is 0. The van der Waals surface area contributed by atoms with E-state index in [0.717, 1.165) is 11.1 Å². The van der Waals surface area contributed by atoms with E-state index < -0.39 is 0 Å². The molecule has 0 aliphatic carbocycles. The Morgan fingerprint density at radius 2 is 1.87 bits per heavy atom. The predicted octanol–water partition coefficient (Wildman–Crippen LogP) is 5.45. The van der Waals surface area contributed by atoms with Crippen LogP contribution in [0.1, 0.15) is 27.0 Å². The van der Waals surface area contributed by atoms with E-state index in [9.17, 15) is 9.18 Å². The normalized spacial score (nSPS) is 16.7. The van der Waals surface area contributed by atoms with Crippen LogP contribution in [0, 0.1) is 5.82 Å². The van der Waals surface area contributed by atoms with Gasteiger partial charge in [0, 0.05) is 18.1 Å². The molecule has 0 aromatic heterocycles. The smallest absolute Gasteiger partial charge is 0.231 e. The van der Waals surface area contributed by atoms with Crippen molar-refractivity contribution in [2.45, 2.75) is 13.1 Å². The van der Waals surface area contributed by atoms with Crippen LogP contribution in [0.3, 0.4) is 0 Å². The van der Waals surface area contributed by atoms with Gasteiger partial charge in [-0.1, -0.05) is 41.9 Å². The van der Waals surface area contributed by atoms with Crippen molar-refractivity contribution in [3.63, 3.8) is 0 Å². The molecule has 0 unspecified atom stereocenters. The van der Waals surface area contributed by atoms with Crippen molar-refractivity contribution in [1.82, 2.24) is 4.90 Å². The SMILES string of the molecule is O=C1/C(=C/c2ccc(F)cc2)Oc2c1ccc1c2CN(Cc2ccccc2Cl)CO1. The Morgan fingerprint density at radius 1 is 1.07 bits per heavy atom. The van der Waals surface area contributed by atoms with Crippen LogP contribution < -0.4 is 9.47 Å². The molecule has 0 spiro atoms. The van der Waals surface area contributed by atoms with E-state index in [4.69, 9.17) is 21.1 Å². The predicted molar refractivity (Wildman–Crippen MR) is 112 cm³/mol. The van der Waals surface area contributed by atoms with Gasteiger partial charge in [-0.05, 0) is 47.5 Å². The van der Waals surface area contributed by atoms with Crippen molar-refractivity contribution < 1.29 is 18.7 Å². The first kappa shape index (κ1) is 18.9. The Kier molecular flexibility index (Phi) is 4.77. The molecule has 0 radical (unpaired) electrons. The highest BCUT2D eigenvalue weighted by Crippen LogP contribution is 2.42. The van der Waals surface area contributed by atoms with Gasteiger partial charge in [-0.3, -0.25) is 9.69 Å². The van der Waals surface area contributed by atoms with Crippen molar-refractivity contribution in [1.29, 1.82) is 0 Å². The lowest BCUT2D eigenvalue weighted by Crippen LogP contribution is -2.31. The first-order chi connectivity index (χ1) is 14.6. The molecule has 3 aromatic carbocycles. The average Bonchev–Trinajstić information content (AvgIpc) is 3.07. The second kappa shape index (κ2) is 7.59. The average molecular weight is 422 g/mol. The summed E-state index contributed by atoms with van der Waals surface area (Å²) in [5.74, 6) is 0.923. The zero-order chi connectivity index (χ0) is 20.7. The molecule has 0 atom stereocenters. The maximum absolute atomic E-state index is 13.2. The number of hydrogen-bond acceptors (Lipinski definition) is 4. The van der Waals surface area contributed by atoms with Crippen LogP contribution in [0.2, 0.25) is 5.02 Å². The Hall–Kier alpha value is -3.15. The topological polar surface area (TPSA) is 38.8 Å². The minimum Gasteiger partial charge on any atom is -0.478 e. The fourth-order valence-electron chi connectivity index (χ4n) is 3.68. The van der Waals surface area contributed by atoms with Crippen LogP contribution in [0.5, 0.6) is 11.5 Å². The number of halogens is 2. The van der Waals surface area contributed by atoms with E-state index in [1.54, 1.807) is 24.3 Å². The number of fused-ring (bicyclic) bond motifs is 3. The Morgan fingerprint density at radius 3 is 2.67 bits per heavy atom. The molecule has 0 saturated heterocycles. The highest BCUT2D eigenvalue weighted by Gasteiger charge is 2.33. The highest BCUT2D eigenvalue weighted by molar-refractivity contribution is 6.31. The molecule has 0 fully saturated rings. The molecule has 2 heterocycles. The Balaban J connectivity index is 1.43. The number of carbonyl (C=O) groups is 1. The van der Waals surface area contributed by atoms with Gasteiger partial charge in [0.2, 0.25) is 5.78 Å². The van der Waals surface area contributed by atoms with Gasteiger partial charge in [-0.25, -0.2) is 4.39 Å². The second-order valence-corrected chi connectivity index (χ2v) is 7.67. The van der Waals surface area contributed by atoms with E-state index in [-0.39, 0.29) is 17.4 Å². The quantitative estimate of drug-likeness (QED) is 0.527. The molecular weight excluding hydrogens is 405 g/mol. The number of carbonyl (C=O) groups excluding carboxylic acids is 1. The van der Waals surface area contributed by atoms with Crippen LogP contribution in [0.4, 0.5) is 4.39 Å². The zero-order valence-corrected chi connectivity index (χ0v) is 16.7. The molecule has 5 rings (SSSR count). The molecule has 0 N–H and O–H groups in total. The number of nitrogens with zero attached hydrogens (tertiary/aromatic N) is 1. The summed E-state index contributed by atoms with van der Waals surface area (Å²) in [5.41, 5.74) is 3.04. The van der Waals surface area contributed by atoms with Gasteiger partial charge in [0.05, 0.1) is 11.1 Å². The first-order valence-corrected chi connectivity index (χ1v) is 9.90. The number of ether oxygens (including phenoxy) is 2. The van der Waals surface area contributed by atoms with Gasteiger partial charge in [0.15, 0.2) is 5.76 Å². The van der Waals surface area contributed by atoms with Crippen LogP contribution >= 0.6 is 11.6 Å². The second-order valence-electron chi connectivity index (χ2n) is 7.26. The van der Waals surface area contributed by atoms with Gasteiger partial charge in [-0.15, -0.1) is 0 Å². The Bertz CT molecular complexity index is 1170.